The van der Waals surface area contributed by atoms with Gasteiger partial charge >= 0.3 is 0 Å². The Morgan fingerprint density at radius 2 is 1.94 bits per heavy atom. The Hall–Kier alpha value is -0.580. The normalized spacial score (nSPS) is 10.3. The monoisotopic (exact) mass is 374 g/mol. The van der Waals surface area contributed by atoms with Crippen molar-refractivity contribution in [2.75, 3.05) is 5.32 Å². The summed E-state index contributed by atoms with van der Waals surface area (Å²) in [4.78, 5) is 3.93. The van der Waals surface area contributed by atoms with Crippen molar-refractivity contribution in [3.05, 3.63) is 56.2 Å². The number of hydrogen-bond acceptors (Lipinski definition) is 2. The van der Waals surface area contributed by atoms with Crippen molar-refractivity contribution in [3.8, 4) is 0 Å². The van der Waals surface area contributed by atoms with Gasteiger partial charge in [-0.2, -0.15) is 0 Å². The fraction of sp³-hybridized carbons (Fsp3) is 0.0833. The van der Waals surface area contributed by atoms with E-state index in [0.717, 1.165) is 21.2 Å². The van der Waals surface area contributed by atoms with Crippen LogP contribution in [0.1, 0.15) is 5.56 Å². The molecule has 17 heavy (non-hydrogen) atoms. The number of nitrogens with one attached hydrogen (secondary N) is 1. The van der Waals surface area contributed by atoms with E-state index in [1.54, 1.807) is 12.3 Å². The quantitative estimate of drug-likeness (QED) is 0.773. The largest absolute Gasteiger partial charge is 0.381 e. The van der Waals surface area contributed by atoms with Crippen molar-refractivity contribution >= 4 is 49.1 Å². The second kappa shape index (κ2) is 5.85. The van der Waals surface area contributed by atoms with Gasteiger partial charge in [-0.05, 0) is 61.7 Å². The van der Waals surface area contributed by atoms with Crippen LogP contribution in [0.4, 0.5) is 5.69 Å². The number of aromatic nitrogens is 1. The predicted octanol–water partition coefficient (Wildman–Crippen LogP) is 4.87. The molecule has 0 unspecified atom stereocenters. The lowest BCUT2D eigenvalue weighted by atomic mass is 10.2. The summed E-state index contributed by atoms with van der Waals surface area (Å²) in [6, 6.07) is 9.83. The van der Waals surface area contributed by atoms with E-state index >= 15 is 0 Å². The summed E-state index contributed by atoms with van der Waals surface area (Å²) in [6.07, 6.45) is 1.68. The topological polar surface area (TPSA) is 24.9 Å². The number of hydrogen-bond donors (Lipinski definition) is 1. The molecule has 0 radical (unpaired) electrons. The summed E-state index contributed by atoms with van der Waals surface area (Å²) < 4.78 is 2.10. The molecule has 0 atom stereocenters. The average Bonchev–Trinajstić information content (AvgIpc) is 2.31. The molecule has 0 saturated carbocycles. The smallest absolute Gasteiger partial charge is 0.131 e. The Morgan fingerprint density at radius 1 is 1.12 bits per heavy atom. The number of anilines is 1. The molecular weight excluding hydrogens is 367 g/mol. The van der Waals surface area contributed by atoms with Crippen molar-refractivity contribution in [3.63, 3.8) is 0 Å². The van der Waals surface area contributed by atoms with Crippen LogP contribution in [0.5, 0.6) is 0 Å². The predicted molar refractivity (Wildman–Crippen MR) is 78.4 cm³/mol. The Morgan fingerprint density at radius 3 is 2.65 bits per heavy atom. The Kier molecular flexibility index (Phi) is 4.42. The first-order valence-electron chi connectivity index (χ1n) is 4.94. The van der Waals surface area contributed by atoms with Gasteiger partial charge in [0.2, 0.25) is 0 Å². The van der Waals surface area contributed by atoms with Gasteiger partial charge in [0.05, 0.1) is 0 Å². The molecule has 0 amide bonds. The van der Waals surface area contributed by atoms with E-state index in [2.05, 4.69) is 54.3 Å². The van der Waals surface area contributed by atoms with Gasteiger partial charge < -0.3 is 5.32 Å². The molecule has 0 spiro atoms. The molecule has 1 N–H and O–H groups in total. The maximum Gasteiger partial charge on any atom is 0.131 e. The first kappa shape index (κ1) is 12.9. The standard InChI is InChI=1S/C12H9Br2ClN2/c13-10-2-1-8(5-11(10)14)7-17-9-3-4-16-12(15)6-9/h1-6H,7H2,(H,16,17). The summed E-state index contributed by atoms with van der Waals surface area (Å²) in [5.41, 5.74) is 2.15. The van der Waals surface area contributed by atoms with Crippen LogP contribution in [0, 0.1) is 0 Å². The van der Waals surface area contributed by atoms with E-state index in [0.29, 0.717) is 5.15 Å². The molecule has 5 heteroatoms. The van der Waals surface area contributed by atoms with Gasteiger partial charge in [-0.15, -0.1) is 0 Å². The van der Waals surface area contributed by atoms with Gasteiger partial charge in [0.25, 0.3) is 0 Å². The van der Waals surface area contributed by atoms with E-state index in [4.69, 9.17) is 11.6 Å². The Labute approximate surface area is 122 Å². The molecule has 1 aromatic carbocycles. The highest BCUT2D eigenvalue weighted by Crippen LogP contribution is 2.24. The van der Waals surface area contributed by atoms with Crippen LogP contribution >= 0.6 is 43.5 Å². The van der Waals surface area contributed by atoms with Gasteiger partial charge in [-0.3, -0.25) is 0 Å². The summed E-state index contributed by atoms with van der Waals surface area (Å²) in [6.45, 7) is 0.742. The lowest BCUT2D eigenvalue weighted by Gasteiger charge is -2.07. The molecule has 0 bridgehead atoms. The summed E-state index contributed by atoms with van der Waals surface area (Å²) >= 11 is 12.7. The van der Waals surface area contributed by atoms with Crippen LogP contribution in [0.3, 0.4) is 0 Å². The number of pyridine rings is 1. The third kappa shape index (κ3) is 3.69. The number of halogens is 3. The molecule has 0 fully saturated rings. The van der Waals surface area contributed by atoms with Crippen LogP contribution in [-0.2, 0) is 6.54 Å². The van der Waals surface area contributed by atoms with Crippen LogP contribution in [0.25, 0.3) is 0 Å². The van der Waals surface area contributed by atoms with Gasteiger partial charge in [0.1, 0.15) is 5.15 Å². The fourth-order valence-electron chi connectivity index (χ4n) is 1.37. The Bertz CT molecular complexity index is 532. The lowest BCUT2D eigenvalue weighted by Crippen LogP contribution is -1.99. The first-order valence-corrected chi connectivity index (χ1v) is 6.91. The van der Waals surface area contributed by atoms with Crippen LogP contribution in [-0.4, -0.2) is 4.98 Å². The zero-order valence-electron chi connectivity index (χ0n) is 8.75. The molecule has 2 rings (SSSR count). The molecule has 88 valence electrons. The molecule has 0 aliphatic rings. The summed E-state index contributed by atoms with van der Waals surface area (Å²) in [5.74, 6) is 0. The highest BCUT2D eigenvalue weighted by atomic mass is 79.9. The van der Waals surface area contributed by atoms with Crippen LogP contribution < -0.4 is 5.32 Å². The third-order valence-corrected chi connectivity index (χ3v) is 4.29. The maximum atomic E-state index is 5.81. The molecule has 0 aliphatic carbocycles. The molecule has 0 saturated heterocycles. The highest BCUT2D eigenvalue weighted by Gasteiger charge is 1.99. The van der Waals surface area contributed by atoms with Crippen LogP contribution in [0.15, 0.2) is 45.5 Å². The van der Waals surface area contributed by atoms with Gasteiger partial charge in [-0.1, -0.05) is 17.7 Å². The number of rotatable bonds is 3. The molecule has 2 aromatic rings. The summed E-state index contributed by atoms with van der Waals surface area (Å²) in [5, 5.41) is 3.78. The van der Waals surface area contributed by atoms with Gasteiger partial charge in [0.15, 0.2) is 0 Å². The van der Waals surface area contributed by atoms with E-state index < -0.39 is 0 Å². The first-order chi connectivity index (χ1) is 8.15. The zero-order chi connectivity index (χ0) is 12.3. The van der Waals surface area contributed by atoms with Crippen molar-refractivity contribution < 1.29 is 0 Å². The van der Waals surface area contributed by atoms with Crippen molar-refractivity contribution in [1.82, 2.24) is 4.98 Å². The highest BCUT2D eigenvalue weighted by molar-refractivity contribution is 9.13. The zero-order valence-corrected chi connectivity index (χ0v) is 12.7. The minimum absolute atomic E-state index is 0.493. The minimum atomic E-state index is 0.493. The third-order valence-electron chi connectivity index (χ3n) is 2.21. The molecule has 2 nitrogen and oxygen atoms in total. The number of benzene rings is 1. The number of nitrogens with zero attached hydrogens (tertiary/aromatic N) is 1. The van der Waals surface area contributed by atoms with E-state index in [-0.39, 0.29) is 0 Å². The average molecular weight is 376 g/mol. The van der Waals surface area contributed by atoms with Crippen LogP contribution in [0.2, 0.25) is 5.15 Å². The van der Waals surface area contributed by atoms with Crippen molar-refractivity contribution in [2.45, 2.75) is 6.54 Å². The van der Waals surface area contributed by atoms with E-state index in [1.165, 1.54) is 5.56 Å². The van der Waals surface area contributed by atoms with Gasteiger partial charge in [0, 0.05) is 27.4 Å². The van der Waals surface area contributed by atoms with E-state index in [9.17, 15) is 0 Å². The van der Waals surface area contributed by atoms with E-state index in [1.807, 2.05) is 12.1 Å². The fourth-order valence-corrected chi connectivity index (χ4v) is 2.21. The lowest BCUT2D eigenvalue weighted by molar-refractivity contribution is 1.14. The summed E-state index contributed by atoms with van der Waals surface area (Å²) in [7, 11) is 0. The second-order valence-electron chi connectivity index (χ2n) is 3.47. The molecule has 1 aromatic heterocycles. The second-order valence-corrected chi connectivity index (χ2v) is 5.57. The molecule has 0 aliphatic heterocycles. The maximum absolute atomic E-state index is 5.81. The molecule has 1 heterocycles. The van der Waals surface area contributed by atoms with Gasteiger partial charge in [-0.25, -0.2) is 4.98 Å². The molecular formula is C12H9Br2ClN2. The van der Waals surface area contributed by atoms with Crippen molar-refractivity contribution in [1.29, 1.82) is 0 Å². The minimum Gasteiger partial charge on any atom is -0.381 e. The Balaban J connectivity index is 2.05. The SMILES string of the molecule is Clc1cc(NCc2ccc(Br)c(Br)c2)ccn1. The van der Waals surface area contributed by atoms with Crippen molar-refractivity contribution in [2.24, 2.45) is 0 Å².